The van der Waals surface area contributed by atoms with Crippen LogP contribution in [0.4, 0.5) is 0 Å². The summed E-state index contributed by atoms with van der Waals surface area (Å²) in [4.78, 5) is 13.9. The van der Waals surface area contributed by atoms with Gasteiger partial charge in [0, 0.05) is 31.2 Å². The Morgan fingerprint density at radius 2 is 2.05 bits per heavy atom. The lowest BCUT2D eigenvalue weighted by atomic mass is 10.1. The molecule has 0 unspecified atom stereocenters. The average Bonchev–Trinajstić information content (AvgIpc) is 3.29. The van der Waals surface area contributed by atoms with Crippen molar-refractivity contribution in [3.63, 3.8) is 0 Å². The van der Waals surface area contributed by atoms with E-state index in [0.29, 0.717) is 6.04 Å². The van der Waals surface area contributed by atoms with Crippen molar-refractivity contribution in [1.29, 1.82) is 0 Å². The predicted molar refractivity (Wildman–Crippen MR) is 84.5 cm³/mol. The quantitative estimate of drug-likeness (QED) is 0.800. The molecule has 1 aliphatic rings. The largest absolute Gasteiger partial charge is 0.483 e. The summed E-state index contributed by atoms with van der Waals surface area (Å²) in [6, 6.07) is 6.80. The molecule has 1 amide bonds. The number of nitrogens with one attached hydrogen (secondary N) is 1. The van der Waals surface area contributed by atoms with Crippen LogP contribution >= 0.6 is 0 Å². The highest BCUT2D eigenvalue weighted by molar-refractivity contribution is 5.77. The van der Waals surface area contributed by atoms with Gasteiger partial charge >= 0.3 is 0 Å². The number of para-hydroxylation sites is 1. The highest BCUT2D eigenvalue weighted by Crippen LogP contribution is 2.25. The van der Waals surface area contributed by atoms with Crippen LogP contribution in [0.2, 0.25) is 0 Å². The van der Waals surface area contributed by atoms with Gasteiger partial charge in [0.25, 0.3) is 5.91 Å². The Balaban J connectivity index is 1.98. The lowest BCUT2D eigenvalue weighted by Crippen LogP contribution is -2.34. The monoisotopic (exact) mass is 290 g/mol. The zero-order valence-electron chi connectivity index (χ0n) is 13.3. The Bertz CT molecular complexity index is 480. The molecule has 1 saturated carbocycles. The van der Waals surface area contributed by atoms with E-state index in [9.17, 15) is 4.79 Å². The molecule has 1 N–H and O–H groups in total. The van der Waals surface area contributed by atoms with Crippen molar-refractivity contribution >= 4 is 5.91 Å². The predicted octanol–water partition coefficient (Wildman–Crippen LogP) is 2.49. The second kappa shape index (κ2) is 7.46. The number of amides is 1. The van der Waals surface area contributed by atoms with Crippen molar-refractivity contribution in [2.24, 2.45) is 0 Å². The van der Waals surface area contributed by atoms with E-state index >= 15 is 0 Å². The number of nitrogens with zero attached hydrogens (tertiary/aromatic N) is 1. The maximum Gasteiger partial charge on any atom is 0.260 e. The Morgan fingerprint density at radius 1 is 1.33 bits per heavy atom. The number of carbonyl (C=O) groups is 1. The standard InChI is InChI=1S/C17H26N2O2/c1-4-19(5-2)16(20)12-21-17-13(3)7-6-8-14(17)11-18-15-9-10-15/h6-8,15,18H,4-5,9-12H2,1-3H3. The molecule has 4 nitrogen and oxygen atoms in total. The number of hydrogen-bond acceptors (Lipinski definition) is 3. The molecule has 0 heterocycles. The number of likely N-dealkylation sites (N-methyl/N-ethyl adjacent to an activating group) is 1. The van der Waals surface area contributed by atoms with E-state index in [0.717, 1.165) is 36.5 Å². The molecule has 0 aliphatic heterocycles. The molecule has 2 rings (SSSR count). The molecule has 0 bridgehead atoms. The summed E-state index contributed by atoms with van der Waals surface area (Å²) in [5.74, 6) is 0.899. The summed E-state index contributed by atoms with van der Waals surface area (Å²) in [7, 11) is 0. The van der Waals surface area contributed by atoms with E-state index in [1.165, 1.54) is 12.8 Å². The fourth-order valence-corrected chi connectivity index (χ4v) is 2.40. The molecular formula is C17H26N2O2. The van der Waals surface area contributed by atoms with E-state index in [1.807, 2.05) is 32.9 Å². The maximum atomic E-state index is 12.1. The third kappa shape index (κ3) is 4.46. The number of benzene rings is 1. The zero-order valence-corrected chi connectivity index (χ0v) is 13.3. The van der Waals surface area contributed by atoms with E-state index < -0.39 is 0 Å². The molecular weight excluding hydrogens is 264 g/mol. The fraction of sp³-hybridized carbons (Fsp3) is 0.588. The van der Waals surface area contributed by atoms with Crippen LogP contribution in [0.25, 0.3) is 0 Å². The van der Waals surface area contributed by atoms with Gasteiger partial charge in [-0.1, -0.05) is 18.2 Å². The number of rotatable bonds is 8. The molecule has 0 saturated heterocycles. The van der Waals surface area contributed by atoms with E-state index in [-0.39, 0.29) is 12.5 Å². The summed E-state index contributed by atoms with van der Waals surface area (Å²) in [5.41, 5.74) is 2.21. The fourth-order valence-electron chi connectivity index (χ4n) is 2.40. The lowest BCUT2D eigenvalue weighted by Gasteiger charge is -2.20. The molecule has 1 fully saturated rings. The van der Waals surface area contributed by atoms with Gasteiger partial charge in [0.05, 0.1) is 0 Å². The van der Waals surface area contributed by atoms with Crippen molar-refractivity contribution < 1.29 is 9.53 Å². The second-order valence-electron chi connectivity index (χ2n) is 5.57. The van der Waals surface area contributed by atoms with Gasteiger partial charge in [-0.2, -0.15) is 0 Å². The molecule has 1 aromatic rings. The van der Waals surface area contributed by atoms with Crippen LogP contribution in [0.5, 0.6) is 5.75 Å². The molecule has 4 heteroatoms. The van der Waals surface area contributed by atoms with Gasteiger partial charge in [0.2, 0.25) is 0 Å². The van der Waals surface area contributed by atoms with Gasteiger partial charge in [0.15, 0.2) is 6.61 Å². The van der Waals surface area contributed by atoms with E-state index in [4.69, 9.17) is 4.74 Å². The lowest BCUT2D eigenvalue weighted by molar-refractivity contribution is -0.132. The minimum Gasteiger partial charge on any atom is -0.483 e. The summed E-state index contributed by atoms with van der Waals surface area (Å²) >= 11 is 0. The van der Waals surface area contributed by atoms with Gasteiger partial charge in [-0.15, -0.1) is 0 Å². The van der Waals surface area contributed by atoms with Crippen LogP contribution in [-0.4, -0.2) is 36.5 Å². The first kappa shape index (κ1) is 15.8. The average molecular weight is 290 g/mol. The molecule has 1 aliphatic carbocycles. The Labute approximate surface area is 127 Å². The Morgan fingerprint density at radius 3 is 2.67 bits per heavy atom. The minimum atomic E-state index is 0.0457. The minimum absolute atomic E-state index is 0.0457. The molecule has 1 aromatic carbocycles. The summed E-state index contributed by atoms with van der Waals surface area (Å²) in [6.07, 6.45) is 2.53. The van der Waals surface area contributed by atoms with Gasteiger partial charge in [-0.3, -0.25) is 4.79 Å². The number of aryl methyl sites for hydroxylation is 1. The first-order valence-corrected chi connectivity index (χ1v) is 7.88. The maximum absolute atomic E-state index is 12.1. The molecule has 116 valence electrons. The van der Waals surface area contributed by atoms with Crippen LogP contribution in [0.15, 0.2) is 18.2 Å². The van der Waals surface area contributed by atoms with Crippen molar-refractivity contribution in [3.8, 4) is 5.75 Å². The number of carbonyl (C=O) groups excluding carboxylic acids is 1. The molecule has 0 spiro atoms. The first-order chi connectivity index (χ1) is 10.2. The highest BCUT2D eigenvalue weighted by Gasteiger charge is 2.21. The van der Waals surface area contributed by atoms with Crippen molar-refractivity contribution in [2.45, 2.75) is 46.2 Å². The smallest absolute Gasteiger partial charge is 0.260 e. The Hall–Kier alpha value is -1.55. The summed E-state index contributed by atoms with van der Waals surface area (Å²) in [5, 5.41) is 3.50. The summed E-state index contributed by atoms with van der Waals surface area (Å²) in [6.45, 7) is 8.37. The van der Waals surface area contributed by atoms with Crippen molar-refractivity contribution in [3.05, 3.63) is 29.3 Å². The van der Waals surface area contributed by atoms with Gasteiger partial charge < -0.3 is 15.0 Å². The van der Waals surface area contributed by atoms with E-state index in [1.54, 1.807) is 4.90 Å². The van der Waals surface area contributed by atoms with Gasteiger partial charge in [-0.05, 0) is 39.2 Å². The van der Waals surface area contributed by atoms with E-state index in [2.05, 4.69) is 11.4 Å². The molecule has 0 radical (unpaired) electrons. The highest BCUT2D eigenvalue weighted by atomic mass is 16.5. The van der Waals surface area contributed by atoms with Crippen molar-refractivity contribution in [1.82, 2.24) is 10.2 Å². The molecule has 0 aromatic heterocycles. The third-order valence-corrected chi connectivity index (χ3v) is 3.91. The normalized spacial score (nSPS) is 14.0. The van der Waals surface area contributed by atoms with Crippen LogP contribution < -0.4 is 10.1 Å². The zero-order chi connectivity index (χ0) is 15.2. The SMILES string of the molecule is CCN(CC)C(=O)COc1c(C)cccc1CNC1CC1. The topological polar surface area (TPSA) is 41.6 Å². The van der Waals surface area contributed by atoms with Gasteiger partial charge in [0.1, 0.15) is 5.75 Å². The Kier molecular flexibility index (Phi) is 5.62. The molecule has 21 heavy (non-hydrogen) atoms. The number of ether oxygens (including phenoxy) is 1. The molecule has 0 atom stereocenters. The number of hydrogen-bond donors (Lipinski definition) is 1. The van der Waals surface area contributed by atoms with Crippen LogP contribution in [0.3, 0.4) is 0 Å². The van der Waals surface area contributed by atoms with Crippen LogP contribution in [0, 0.1) is 6.92 Å². The van der Waals surface area contributed by atoms with Gasteiger partial charge in [-0.25, -0.2) is 0 Å². The van der Waals surface area contributed by atoms with Crippen LogP contribution in [0.1, 0.15) is 37.8 Å². The summed E-state index contributed by atoms with van der Waals surface area (Å²) < 4.78 is 5.84. The van der Waals surface area contributed by atoms with Crippen LogP contribution in [-0.2, 0) is 11.3 Å². The van der Waals surface area contributed by atoms with Crippen molar-refractivity contribution in [2.75, 3.05) is 19.7 Å². The first-order valence-electron chi connectivity index (χ1n) is 7.88. The third-order valence-electron chi connectivity index (χ3n) is 3.91. The second-order valence-corrected chi connectivity index (χ2v) is 5.57.